The third-order valence-corrected chi connectivity index (χ3v) is 5.55. The SMILES string of the molecule is CCCCCC[C@@]1(O)O[C@H](CO)[C@@H](O[C@@H]2O[C@H](CO)[C@H](O)[C@H](O)[C@H]2O)[C@H](O)[C@H]1O. The minimum absolute atomic E-state index is 0.0362. The van der Waals surface area contributed by atoms with Crippen LogP contribution in [0.15, 0.2) is 0 Å². The van der Waals surface area contributed by atoms with Gasteiger partial charge in [-0.1, -0.05) is 26.2 Å². The van der Waals surface area contributed by atoms with E-state index in [4.69, 9.17) is 14.2 Å². The van der Waals surface area contributed by atoms with E-state index in [0.717, 1.165) is 19.3 Å². The second kappa shape index (κ2) is 10.7. The van der Waals surface area contributed by atoms with Crippen LogP contribution in [-0.4, -0.2) is 115 Å². The van der Waals surface area contributed by atoms with Crippen LogP contribution in [0.3, 0.4) is 0 Å². The smallest absolute Gasteiger partial charge is 0.195 e. The summed E-state index contributed by atoms with van der Waals surface area (Å²) in [6.07, 6.45) is -10.7. The lowest BCUT2D eigenvalue weighted by Crippen LogP contribution is -2.68. The Morgan fingerprint density at radius 2 is 1.48 bits per heavy atom. The lowest BCUT2D eigenvalue weighted by molar-refractivity contribution is -0.384. The fourth-order valence-electron chi connectivity index (χ4n) is 3.72. The van der Waals surface area contributed by atoms with Gasteiger partial charge in [0.1, 0.15) is 48.8 Å². The van der Waals surface area contributed by atoms with Crippen molar-refractivity contribution in [1.82, 2.24) is 0 Å². The van der Waals surface area contributed by atoms with E-state index in [-0.39, 0.29) is 6.42 Å². The summed E-state index contributed by atoms with van der Waals surface area (Å²) in [6.45, 7) is 0.675. The van der Waals surface area contributed by atoms with Gasteiger partial charge in [0.05, 0.1) is 13.2 Å². The minimum Gasteiger partial charge on any atom is -0.394 e. The summed E-state index contributed by atoms with van der Waals surface area (Å²) in [4.78, 5) is 0. The summed E-state index contributed by atoms with van der Waals surface area (Å²) in [5.41, 5.74) is 0. The molecule has 0 aromatic carbocycles. The van der Waals surface area contributed by atoms with Gasteiger partial charge >= 0.3 is 0 Å². The highest BCUT2D eigenvalue weighted by molar-refractivity contribution is 4.98. The zero-order valence-corrected chi connectivity index (χ0v) is 16.4. The molecule has 0 spiro atoms. The molecule has 172 valence electrons. The van der Waals surface area contributed by atoms with Crippen molar-refractivity contribution < 1.29 is 55.1 Å². The third-order valence-electron chi connectivity index (χ3n) is 5.55. The molecule has 0 radical (unpaired) electrons. The summed E-state index contributed by atoms with van der Waals surface area (Å²) in [7, 11) is 0. The highest BCUT2D eigenvalue weighted by Crippen LogP contribution is 2.35. The Morgan fingerprint density at radius 1 is 0.828 bits per heavy atom. The van der Waals surface area contributed by atoms with Crippen LogP contribution < -0.4 is 0 Å². The maximum Gasteiger partial charge on any atom is 0.195 e. The topological polar surface area (TPSA) is 190 Å². The van der Waals surface area contributed by atoms with Crippen LogP contribution in [0.5, 0.6) is 0 Å². The molecule has 0 saturated carbocycles. The molecule has 2 saturated heterocycles. The van der Waals surface area contributed by atoms with Gasteiger partial charge < -0.3 is 55.1 Å². The first kappa shape index (κ1) is 24.8. The number of hydrogen-bond acceptors (Lipinski definition) is 11. The summed E-state index contributed by atoms with van der Waals surface area (Å²) < 4.78 is 16.1. The molecule has 0 bridgehead atoms. The maximum atomic E-state index is 10.7. The van der Waals surface area contributed by atoms with E-state index in [9.17, 15) is 40.9 Å². The van der Waals surface area contributed by atoms with Crippen molar-refractivity contribution >= 4 is 0 Å². The molecule has 29 heavy (non-hydrogen) atoms. The Labute approximate surface area is 169 Å². The average molecular weight is 426 g/mol. The highest BCUT2D eigenvalue weighted by Gasteiger charge is 2.55. The summed E-state index contributed by atoms with van der Waals surface area (Å²) in [5.74, 6) is -2.09. The Bertz CT molecular complexity index is 490. The van der Waals surface area contributed by atoms with Gasteiger partial charge in [0.15, 0.2) is 12.1 Å². The van der Waals surface area contributed by atoms with E-state index in [1.165, 1.54) is 0 Å². The molecule has 8 N–H and O–H groups in total. The lowest BCUT2D eigenvalue weighted by Gasteiger charge is -2.49. The van der Waals surface area contributed by atoms with Crippen LogP contribution in [0.25, 0.3) is 0 Å². The number of ether oxygens (including phenoxy) is 3. The fourth-order valence-corrected chi connectivity index (χ4v) is 3.72. The number of hydrogen-bond donors (Lipinski definition) is 8. The predicted octanol–water partition coefficient (Wildman–Crippen LogP) is -3.06. The molecule has 2 fully saturated rings. The number of rotatable bonds is 9. The van der Waals surface area contributed by atoms with Gasteiger partial charge in [-0.2, -0.15) is 0 Å². The molecule has 2 aliphatic rings. The van der Waals surface area contributed by atoms with E-state index in [1.807, 2.05) is 6.92 Å². The van der Waals surface area contributed by atoms with Crippen LogP contribution in [0.1, 0.15) is 39.0 Å². The minimum atomic E-state index is -2.09. The molecule has 0 aromatic heterocycles. The molecule has 0 unspecified atom stereocenters. The van der Waals surface area contributed by atoms with Gasteiger partial charge in [-0.25, -0.2) is 0 Å². The van der Waals surface area contributed by atoms with Gasteiger partial charge in [0, 0.05) is 6.42 Å². The third kappa shape index (κ3) is 5.43. The Morgan fingerprint density at radius 3 is 2.07 bits per heavy atom. The van der Waals surface area contributed by atoms with Crippen LogP contribution in [-0.2, 0) is 14.2 Å². The Hall–Kier alpha value is -0.440. The van der Waals surface area contributed by atoms with E-state index < -0.39 is 74.1 Å². The van der Waals surface area contributed by atoms with Crippen molar-refractivity contribution in [1.29, 1.82) is 0 Å². The molecule has 0 aromatic rings. The van der Waals surface area contributed by atoms with Gasteiger partial charge in [-0.15, -0.1) is 0 Å². The summed E-state index contributed by atoms with van der Waals surface area (Å²) in [5, 5.41) is 80.3. The predicted molar refractivity (Wildman–Crippen MR) is 96.3 cm³/mol. The first-order valence-electron chi connectivity index (χ1n) is 10.0. The van der Waals surface area contributed by atoms with Crippen LogP contribution in [0.4, 0.5) is 0 Å². The molecule has 2 rings (SSSR count). The van der Waals surface area contributed by atoms with Crippen LogP contribution in [0, 0.1) is 0 Å². The molecule has 11 nitrogen and oxygen atoms in total. The van der Waals surface area contributed by atoms with Crippen molar-refractivity contribution in [3.05, 3.63) is 0 Å². The second-order valence-electron chi connectivity index (χ2n) is 7.73. The fraction of sp³-hybridized carbons (Fsp3) is 1.00. The molecular weight excluding hydrogens is 392 g/mol. The van der Waals surface area contributed by atoms with E-state index in [1.54, 1.807) is 0 Å². The number of unbranched alkanes of at least 4 members (excludes halogenated alkanes) is 3. The van der Waals surface area contributed by atoms with Crippen molar-refractivity contribution in [2.24, 2.45) is 0 Å². The van der Waals surface area contributed by atoms with Gasteiger partial charge in [-0.3, -0.25) is 0 Å². The molecule has 0 aliphatic carbocycles. The van der Waals surface area contributed by atoms with Gasteiger partial charge in [0.25, 0.3) is 0 Å². The molecular formula is C18H34O11. The van der Waals surface area contributed by atoms with Gasteiger partial charge in [0.2, 0.25) is 0 Å². The molecule has 2 aliphatic heterocycles. The van der Waals surface area contributed by atoms with Crippen molar-refractivity contribution in [3.8, 4) is 0 Å². The quantitative estimate of drug-likeness (QED) is 0.175. The van der Waals surface area contributed by atoms with Gasteiger partial charge in [-0.05, 0) is 6.42 Å². The van der Waals surface area contributed by atoms with Crippen molar-refractivity contribution in [2.45, 2.75) is 99.9 Å². The molecule has 10 atom stereocenters. The monoisotopic (exact) mass is 426 g/mol. The summed E-state index contributed by atoms with van der Waals surface area (Å²) in [6, 6.07) is 0. The standard InChI is InChI=1S/C18H34O11/c1-2-3-4-5-6-18(26)16(25)14(24)15(10(8-20)29-18)28-17-13(23)12(22)11(21)9(7-19)27-17/h9-17,19-26H,2-8H2,1H3/t9-,10-,11+,12+,13-,14+,15-,16-,17+,18-/m1/s1. The summed E-state index contributed by atoms with van der Waals surface area (Å²) >= 11 is 0. The van der Waals surface area contributed by atoms with Crippen molar-refractivity contribution in [2.75, 3.05) is 13.2 Å². The normalized spacial score (nSPS) is 46.0. The first-order chi connectivity index (χ1) is 13.7. The molecule has 2 heterocycles. The van der Waals surface area contributed by atoms with Crippen molar-refractivity contribution in [3.63, 3.8) is 0 Å². The average Bonchev–Trinajstić information content (AvgIpc) is 2.71. The largest absolute Gasteiger partial charge is 0.394 e. The van der Waals surface area contributed by atoms with Crippen LogP contribution in [0.2, 0.25) is 0 Å². The molecule has 11 heteroatoms. The zero-order chi connectivity index (χ0) is 21.8. The number of aliphatic hydroxyl groups excluding tert-OH is 7. The lowest BCUT2D eigenvalue weighted by atomic mass is 9.89. The maximum absolute atomic E-state index is 10.7. The zero-order valence-electron chi connectivity index (χ0n) is 16.4. The van der Waals surface area contributed by atoms with E-state index in [0.29, 0.717) is 6.42 Å². The number of aliphatic hydroxyl groups is 8. The molecule has 0 amide bonds. The Balaban J connectivity index is 2.09. The van der Waals surface area contributed by atoms with E-state index in [2.05, 4.69) is 0 Å². The Kier molecular flexibility index (Phi) is 9.19. The second-order valence-corrected chi connectivity index (χ2v) is 7.73. The first-order valence-corrected chi connectivity index (χ1v) is 10.0. The van der Waals surface area contributed by atoms with E-state index >= 15 is 0 Å². The highest BCUT2D eigenvalue weighted by atomic mass is 16.7. The van der Waals surface area contributed by atoms with Crippen LogP contribution >= 0.6 is 0 Å².